The van der Waals surface area contributed by atoms with Crippen LogP contribution in [0.25, 0.3) is 0 Å². The molecule has 124 valence electrons. The van der Waals surface area contributed by atoms with E-state index in [-0.39, 0.29) is 5.75 Å². The summed E-state index contributed by atoms with van der Waals surface area (Å²) in [6.07, 6.45) is 8.67. The van der Waals surface area contributed by atoms with Gasteiger partial charge in [0.1, 0.15) is 5.75 Å². The second kappa shape index (κ2) is 8.56. The zero-order valence-corrected chi connectivity index (χ0v) is 14.4. The second-order valence-corrected chi connectivity index (χ2v) is 8.58. The van der Waals surface area contributed by atoms with E-state index < -0.39 is 9.84 Å². The molecular weight excluding hydrogens is 296 g/mol. The van der Waals surface area contributed by atoms with Gasteiger partial charge < -0.3 is 4.74 Å². The molecule has 0 aromatic heterocycles. The van der Waals surface area contributed by atoms with Crippen LogP contribution < -0.4 is 4.74 Å². The van der Waals surface area contributed by atoms with E-state index in [9.17, 15) is 8.42 Å². The third-order valence-corrected chi connectivity index (χ3v) is 6.00. The fourth-order valence-corrected chi connectivity index (χ4v) is 4.37. The van der Waals surface area contributed by atoms with E-state index in [1.54, 1.807) is 0 Å². The Kier molecular flexibility index (Phi) is 6.74. The molecule has 0 spiro atoms. The first-order valence-corrected chi connectivity index (χ1v) is 10.4. The van der Waals surface area contributed by atoms with Crippen molar-refractivity contribution in [1.82, 2.24) is 0 Å². The molecule has 3 nitrogen and oxygen atoms in total. The molecule has 1 fully saturated rings. The fourth-order valence-electron chi connectivity index (χ4n) is 2.89. The van der Waals surface area contributed by atoms with Crippen molar-refractivity contribution in [2.24, 2.45) is 0 Å². The van der Waals surface area contributed by atoms with Crippen molar-refractivity contribution in [2.75, 3.05) is 11.5 Å². The van der Waals surface area contributed by atoms with Gasteiger partial charge in [-0.05, 0) is 56.2 Å². The first-order valence-electron chi connectivity index (χ1n) is 8.55. The topological polar surface area (TPSA) is 43.4 Å². The molecule has 1 aromatic rings. The molecule has 0 saturated heterocycles. The summed E-state index contributed by atoms with van der Waals surface area (Å²) in [5, 5.41) is 0. The lowest BCUT2D eigenvalue weighted by Crippen LogP contribution is -2.19. The van der Waals surface area contributed by atoms with Crippen molar-refractivity contribution < 1.29 is 13.2 Å². The molecular formula is C18H28O3S. The highest BCUT2D eigenvalue weighted by molar-refractivity contribution is 7.91. The first-order chi connectivity index (χ1) is 10.6. The van der Waals surface area contributed by atoms with Crippen LogP contribution in [0.5, 0.6) is 5.75 Å². The molecule has 1 aromatic carbocycles. The zero-order valence-electron chi connectivity index (χ0n) is 13.6. The Morgan fingerprint density at radius 3 is 2.64 bits per heavy atom. The highest BCUT2D eigenvalue weighted by atomic mass is 32.2. The maximum Gasteiger partial charge on any atom is 0.150 e. The number of hydrogen-bond donors (Lipinski definition) is 0. The number of benzene rings is 1. The molecule has 2 rings (SSSR count). The van der Waals surface area contributed by atoms with Gasteiger partial charge in [0.15, 0.2) is 9.84 Å². The van der Waals surface area contributed by atoms with Gasteiger partial charge in [0.05, 0.1) is 17.6 Å². The lowest BCUT2D eigenvalue weighted by molar-refractivity contribution is 0.155. The summed E-state index contributed by atoms with van der Waals surface area (Å²) in [6.45, 7) is 2.02. The van der Waals surface area contributed by atoms with E-state index in [1.165, 1.54) is 19.3 Å². The number of hydrogen-bond acceptors (Lipinski definition) is 3. The molecule has 1 saturated carbocycles. The van der Waals surface area contributed by atoms with Crippen LogP contribution in [0.4, 0.5) is 0 Å². The Labute approximate surface area is 135 Å². The normalized spacial score (nSPS) is 16.6. The van der Waals surface area contributed by atoms with E-state index in [0.29, 0.717) is 18.3 Å². The monoisotopic (exact) mass is 324 g/mol. The quantitative estimate of drug-likeness (QED) is 0.721. The molecule has 0 bridgehead atoms. The van der Waals surface area contributed by atoms with Gasteiger partial charge in [-0.2, -0.15) is 0 Å². The minimum absolute atomic E-state index is 0.236. The van der Waals surface area contributed by atoms with Gasteiger partial charge in [-0.1, -0.05) is 31.9 Å². The third-order valence-electron chi connectivity index (χ3n) is 4.26. The Balaban J connectivity index is 1.88. The van der Waals surface area contributed by atoms with Crippen molar-refractivity contribution in [3.05, 3.63) is 29.8 Å². The van der Waals surface area contributed by atoms with Crippen LogP contribution in [0.15, 0.2) is 24.3 Å². The van der Waals surface area contributed by atoms with E-state index in [0.717, 1.165) is 37.0 Å². The molecule has 0 unspecified atom stereocenters. The van der Waals surface area contributed by atoms with Crippen molar-refractivity contribution in [3.63, 3.8) is 0 Å². The third kappa shape index (κ3) is 5.99. The summed E-state index contributed by atoms with van der Waals surface area (Å²) in [4.78, 5) is 0. The Morgan fingerprint density at radius 2 is 1.91 bits per heavy atom. The van der Waals surface area contributed by atoms with Gasteiger partial charge in [-0.15, -0.1) is 0 Å². The first kappa shape index (κ1) is 17.3. The van der Waals surface area contributed by atoms with Crippen LogP contribution in [-0.4, -0.2) is 26.0 Å². The summed E-state index contributed by atoms with van der Waals surface area (Å²) in [5.41, 5.74) is 1.05. The minimum atomic E-state index is -2.92. The maximum absolute atomic E-state index is 11.9. The van der Waals surface area contributed by atoms with E-state index in [2.05, 4.69) is 0 Å². The van der Waals surface area contributed by atoms with Crippen LogP contribution in [0.3, 0.4) is 0 Å². The lowest BCUT2D eigenvalue weighted by Gasteiger charge is -2.23. The van der Waals surface area contributed by atoms with Gasteiger partial charge in [0.2, 0.25) is 0 Å². The smallest absolute Gasteiger partial charge is 0.150 e. The van der Waals surface area contributed by atoms with Crippen LogP contribution >= 0.6 is 0 Å². The van der Waals surface area contributed by atoms with Gasteiger partial charge >= 0.3 is 0 Å². The number of rotatable bonds is 8. The Bertz CT molecular complexity index is 545. The molecule has 0 aliphatic heterocycles. The Morgan fingerprint density at radius 1 is 1.14 bits per heavy atom. The zero-order chi connectivity index (χ0) is 15.8. The van der Waals surface area contributed by atoms with E-state index in [4.69, 9.17) is 4.74 Å². The molecule has 1 aliphatic rings. The number of sulfone groups is 1. The number of unbranched alkanes of at least 4 members (excludes halogenated alkanes) is 1. The van der Waals surface area contributed by atoms with Crippen molar-refractivity contribution in [3.8, 4) is 5.75 Å². The van der Waals surface area contributed by atoms with Crippen molar-refractivity contribution in [1.29, 1.82) is 0 Å². The fraction of sp³-hybridized carbons (Fsp3) is 0.667. The summed E-state index contributed by atoms with van der Waals surface area (Å²) >= 11 is 0. The van der Waals surface area contributed by atoms with Gasteiger partial charge in [-0.3, -0.25) is 0 Å². The number of ether oxygens (including phenoxy) is 1. The van der Waals surface area contributed by atoms with Gasteiger partial charge in [0, 0.05) is 0 Å². The molecule has 22 heavy (non-hydrogen) atoms. The average Bonchev–Trinajstić information content (AvgIpc) is 2.53. The van der Waals surface area contributed by atoms with Crippen LogP contribution in [-0.2, 0) is 16.3 Å². The maximum atomic E-state index is 11.9. The van der Waals surface area contributed by atoms with E-state index in [1.807, 2.05) is 31.2 Å². The minimum Gasteiger partial charge on any atom is -0.490 e. The SMILES string of the molecule is CCCCS(=O)(=O)CCc1cccc(OC2CCCCC2)c1. The summed E-state index contributed by atoms with van der Waals surface area (Å²) in [6, 6.07) is 7.93. The highest BCUT2D eigenvalue weighted by Crippen LogP contribution is 2.24. The molecule has 0 heterocycles. The van der Waals surface area contributed by atoms with Gasteiger partial charge in [0.25, 0.3) is 0 Å². The molecule has 0 N–H and O–H groups in total. The summed E-state index contributed by atoms with van der Waals surface area (Å²) < 4.78 is 29.9. The molecule has 0 radical (unpaired) electrons. The predicted molar refractivity (Wildman–Crippen MR) is 91.2 cm³/mol. The van der Waals surface area contributed by atoms with E-state index >= 15 is 0 Å². The second-order valence-electron chi connectivity index (χ2n) is 6.28. The van der Waals surface area contributed by atoms with Crippen molar-refractivity contribution >= 4 is 9.84 Å². The average molecular weight is 324 g/mol. The summed E-state index contributed by atoms with van der Waals surface area (Å²) in [5.74, 6) is 1.43. The Hall–Kier alpha value is -1.03. The lowest BCUT2D eigenvalue weighted by atomic mass is 9.98. The molecule has 0 amide bonds. The summed E-state index contributed by atoms with van der Waals surface area (Å²) in [7, 11) is -2.92. The molecule has 4 heteroatoms. The van der Waals surface area contributed by atoms with Crippen LogP contribution in [0, 0.1) is 0 Å². The molecule has 0 atom stereocenters. The standard InChI is InChI=1S/C18H28O3S/c1-2-3-13-22(19,20)14-12-16-8-7-11-18(15-16)21-17-9-5-4-6-10-17/h7-8,11,15,17H,2-6,9-10,12-14H2,1H3. The van der Waals surface area contributed by atoms with Gasteiger partial charge in [-0.25, -0.2) is 8.42 Å². The largest absolute Gasteiger partial charge is 0.490 e. The number of aryl methyl sites for hydroxylation is 1. The highest BCUT2D eigenvalue weighted by Gasteiger charge is 2.15. The van der Waals surface area contributed by atoms with Crippen molar-refractivity contribution in [2.45, 2.75) is 64.4 Å². The van der Waals surface area contributed by atoms with Crippen LogP contribution in [0.1, 0.15) is 57.4 Å². The predicted octanol–water partition coefficient (Wildman–Crippen LogP) is 4.16. The molecule has 1 aliphatic carbocycles. The van der Waals surface area contributed by atoms with Crippen LogP contribution in [0.2, 0.25) is 0 Å².